The highest BCUT2D eigenvalue weighted by molar-refractivity contribution is 9.10. The molecule has 0 radical (unpaired) electrons. The molecular weight excluding hydrogens is 448 g/mol. The van der Waals surface area contributed by atoms with Gasteiger partial charge in [-0.1, -0.05) is 28.1 Å². The molecule has 3 aromatic rings. The summed E-state index contributed by atoms with van der Waals surface area (Å²) in [5.41, 5.74) is 3.21. The van der Waals surface area contributed by atoms with Crippen molar-refractivity contribution in [1.82, 2.24) is 15.3 Å². The number of aromatic nitrogens is 2. The fraction of sp³-hybridized carbons (Fsp3) is 0.364. The van der Waals surface area contributed by atoms with Crippen molar-refractivity contribution in [3.63, 3.8) is 0 Å². The number of H-pyrrole nitrogens is 1. The largest absolute Gasteiger partial charge is 0.355 e. The number of rotatable bonds is 6. The zero-order valence-corrected chi connectivity index (χ0v) is 18.9. The third-order valence-electron chi connectivity index (χ3n) is 5.40. The quantitative estimate of drug-likeness (QED) is 0.513. The van der Waals surface area contributed by atoms with Crippen LogP contribution >= 0.6 is 27.7 Å². The summed E-state index contributed by atoms with van der Waals surface area (Å²) >= 11 is 5.24. The topological polar surface area (TPSA) is 61.0 Å². The number of nitrogens with one attached hydrogen (secondary N) is 2. The maximum Gasteiger partial charge on any atom is 0.224 e. The van der Waals surface area contributed by atoms with Crippen LogP contribution < -0.4 is 10.2 Å². The van der Waals surface area contributed by atoms with E-state index < -0.39 is 0 Å². The molecule has 1 unspecified atom stereocenters. The molecule has 1 aliphatic heterocycles. The first-order chi connectivity index (χ1) is 14.1. The van der Waals surface area contributed by atoms with Crippen LogP contribution in [-0.4, -0.2) is 41.8 Å². The lowest BCUT2D eigenvalue weighted by atomic mass is 9.97. The molecule has 1 atom stereocenters. The van der Waals surface area contributed by atoms with Gasteiger partial charge in [-0.05, 0) is 61.4 Å². The van der Waals surface area contributed by atoms with Crippen LogP contribution in [0, 0.1) is 5.92 Å². The molecule has 29 heavy (non-hydrogen) atoms. The molecule has 4 rings (SSSR count). The Bertz CT molecular complexity index is 988. The number of aromatic amines is 1. The molecule has 1 aliphatic rings. The average molecular weight is 473 g/mol. The van der Waals surface area contributed by atoms with E-state index in [0.717, 1.165) is 47.3 Å². The minimum Gasteiger partial charge on any atom is -0.355 e. The van der Waals surface area contributed by atoms with Gasteiger partial charge in [0.2, 0.25) is 11.9 Å². The first-order valence-corrected chi connectivity index (χ1v) is 11.9. The minimum absolute atomic E-state index is 0.00238. The summed E-state index contributed by atoms with van der Waals surface area (Å²) in [4.78, 5) is 24.3. The van der Waals surface area contributed by atoms with Gasteiger partial charge in [0.1, 0.15) is 0 Å². The number of carbonyl (C=O) groups is 1. The number of hydrogen-bond donors (Lipinski definition) is 2. The van der Waals surface area contributed by atoms with Gasteiger partial charge in [0, 0.05) is 29.0 Å². The van der Waals surface area contributed by atoms with Crippen molar-refractivity contribution in [2.24, 2.45) is 5.92 Å². The van der Waals surface area contributed by atoms with Gasteiger partial charge in [0.05, 0.1) is 17.0 Å². The molecular formula is C22H25BrN4OS. The Morgan fingerprint density at radius 1 is 1.31 bits per heavy atom. The normalized spacial score (nSPS) is 16.9. The van der Waals surface area contributed by atoms with Crippen LogP contribution in [0.1, 0.15) is 18.4 Å². The van der Waals surface area contributed by atoms with Gasteiger partial charge in [0.15, 0.2) is 0 Å². The second kappa shape index (κ2) is 9.22. The fourth-order valence-corrected chi connectivity index (χ4v) is 4.54. The Balaban J connectivity index is 1.32. The van der Waals surface area contributed by atoms with Crippen molar-refractivity contribution in [3.05, 3.63) is 52.5 Å². The highest BCUT2D eigenvalue weighted by atomic mass is 79.9. The molecule has 0 bridgehead atoms. The molecule has 1 fully saturated rings. The van der Waals surface area contributed by atoms with Crippen LogP contribution in [0.5, 0.6) is 0 Å². The standard InChI is InChI=1S/C22H25BrN4OS/c1-29-18-7-4-15(5-8-18)10-11-24-21(28)16-3-2-12-27(14-16)22-25-19-9-6-17(23)13-20(19)26-22/h4-9,13,16H,2-3,10-12,14H2,1H3,(H,24,28)(H,25,26). The summed E-state index contributed by atoms with van der Waals surface area (Å²) in [6.45, 7) is 2.30. The Labute approximate surface area is 183 Å². The molecule has 5 nitrogen and oxygen atoms in total. The Morgan fingerprint density at radius 2 is 2.14 bits per heavy atom. The van der Waals surface area contributed by atoms with Crippen LogP contribution in [0.3, 0.4) is 0 Å². The van der Waals surface area contributed by atoms with Crippen molar-refractivity contribution >= 4 is 50.6 Å². The highest BCUT2D eigenvalue weighted by Gasteiger charge is 2.27. The zero-order valence-electron chi connectivity index (χ0n) is 16.5. The third kappa shape index (κ3) is 4.95. The van der Waals surface area contributed by atoms with Gasteiger partial charge in [-0.2, -0.15) is 0 Å². The first-order valence-electron chi connectivity index (χ1n) is 9.93. The van der Waals surface area contributed by atoms with E-state index in [1.807, 2.05) is 18.2 Å². The van der Waals surface area contributed by atoms with Gasteiger partial charge in [-0.25, -0.2) is 4.98 Å². The molecule has 2 aromatic carbocycles. The third-order valence-corrected chi connectivity index (χ3v) is 6.63. The predicted molar refractivity (Wildman–Crippen MR) is 124 cm³/mol. The van der Waals surface area contributed by atoms with E-state index in [4.69, 9.17) is 4.98 Å². The van der Waals surface area contributed by atoms with Crippen LogP contribution in [0.25, 0.3) is 11.0 Å². The molecule has 152 valence electrons. The zero-order chi connectivity index (χ0) is 20.2. The SMILES string of the molecule is CSc1ccc(CCNC(=O)C2CCCN(c3nc4ccc(Br)cc4[nH]3)C2)cc1. The summed E-state index contributed by atoms with van der Waals surface area (Å²) < 4.78 is 1.03. The number of thioether (sulfide) groups is 1. The average Bonchev–Trinajstić information content (AvgIpc) is 3.17. The van der Waals surface area contributed by atoms with Crippen LogP contribution in [0.2, 0.25) is 0 Å². The van der Waals surface area contributed by atoms with Crippen molar-refractivity contribution < 1.29 is 4.79 Å². The van der Waals surface area contributed by atoms with E-state index in [2.05, 4.69) is 61.7 Å². The molecule has 1 aromatic heterocycles. The number of amides is 1. The molecule has 0 saturated carbocycles. The monoisotopic (exact) mass is 472 g/mol. The second-order valence-electron chi connectivity index (χ2n) is 7.40. The number of hydrogen-bond acceptors (Lipinski definition) is 4. The number of benzene rings is 2. The molecule has 2 heterocycles. The van der Waals surface area contributed by atoms with Crippen molar-refractivity contribution in [1.29, 1.82) is 0 Å². The maximum absolute atomic E-state index is 12.7. The molecule has 7 heteroatoms. The first kappa shape index (κ1) is 20.3. The molecule has 2 N–H and O–H groups in total. The number of piperidine rings is 1. The lowest BCUT2D eigenvalue weighted by Gasteiger charge is -2.31. The number of halogens is 1. The smallest absolute Gasteiger partial charge is 0.224 e. The Kier molecular flexibility index (Phi) is 6.45. The van der Waals surface area contributed by atoms with E-state index in [9.17, 15) is 4.79 Å². The van der Waals surface area contributed by atoms with E-state index >= 15 is 0 Å². The number of anilines is 1. The van der Waals surface area contributed by atoms with Crippen LogP contribution in [-0.2, 0) is 11.2 Å². The van der Waals surface area contributed by atoms with Crippen molar-refractivity contribution in [2.75, 3.05) is 30.8 Å². The summed E-state index contributed by atoms with van der Waals surface area (Å²) in [5, 5.41) is 3.13. The van der Waals surface area contributed by atoms with Gasteiger partial charge < -0.3 is 15.2 Å². The molecule has 1 saturated heterocycles. The maximum atomic E-state index is 12.7. The molecule has 1 amide bonds. The van der Waals surface area contributed by atoms with E-state index in [0.29, 0.717) is 13.1 Å². The van der Waals surface area contributed by atoms with E-state index in [1.54, 1.807) is 11.8 Å². The molecule has 0 spiro atoms. The fourth-order valence-electron chi connectivity index (χ4n) is 3.77. The van der Waals surface area contributed by atoms with Gasteiger partial charge in [-0.15, -0.1) is 11.8 Å². The van der Waals surface area contributed by atoms with Crippen molar-refractivity contribution in [2.45, 2.75) is 24.2 Å². The predicted octanol–water partition coefficient (Wildman–Crippen LogP) is 4.62. The lowest BCUT2D eigenvalue weighted by molar-refractivity contribution is -0.125. The lowest BCUT2D eigenvalue weighted by Crippen LogP contribution is -2.43. The second-order valence-corrected chi connectivity index (χ2v) is 9.19. The van der Waals surface area contributed by atoms with Gasteiger partial charge in [0.25, 0.3) is 0 Å². The number of carbonyl (C=O) groups excluding carboxylic acids is 1. The number of fused-ring (bicyclic) bond motifs is 1. The van der Waals surface area contributed by atoms with Gasteiger partial charge >= 0.3 is 0 Å². The number of imidazole rings is 1. The number of nitrogens with zero attached hydrogens (tertiary/aromatic N) is 2. The van der Waals surface area contributed by atoms with Gasteiger partial charge in [-0.3, -0.25) is 4.79 Å². The minimum atomic E-state index is 0.00238. The Hall–Kier alpha value is -1.99. The Morgan fingerprint density at radius 3 is 2.93 bits per heavy atom. The summed E-state index contributed by atoms with van der Waals surface area (Å²) in [7, 11) is 0. The van der Waals surface area contributed by atoms with E-state index in [1.165, 1.54) is 10.5 Å². The van der Waals surface area contributed by atoms with Crippen LogP contribution in [0.4, 0.5) is 5.95 Å². The summed E-state index contributed by atoms with van der Waals surface area (Å²) in [6, 6.07) is 14.6. The van der Waals surface area contributed by atoms with Crippen LogP contribution in [0.15, 0.2) is 51.8 Å². The van der Waals surface area contributed by atoms with Crippen molar-refractivity contribution in [3.8, 4) is 0 Å². The van der Waals surface area contributed by atoms with E-state index in [-0.39, 0.29) is 11.8 Å². The summed E-state index contributed by atoms with van der Waals surface area (Å²) in [5.74, 6) is 1.00. The molecule has 0 aliphatic carbocycles. The highest BCUT2D eigenvalue weighted by Crippen LogP contribution is 2.25. The summed E-state index contributed by atoms with van der Waals surface area (Å²) in [6.07, 6.45) is 4.85.